The number of morpholine rings is 1. The fraction of sp³-hybridized carbons (Fsp3) is 0.444. The second-order valence-corrected chi connectivity index (χ2v) is 8.68. The first-order chi connectivity index (χ1) is 18.1. The molecule has 1 fully saturated rings. The van der Waals surface area contributed by atoms with Crippen molar-refractivity contribution in [1.29, 1.82) is 5.26 Å². The number of nitriles is 1. The predicted octanol–water partition coefficient (Wildman–Crippen LogP) is 5.46. The molecule has 11 heteroatoms. The van der Waals surface area contributed by atoms with Crippen LogP contribution in [0.3, 0.4) is 0 Å². The summed E-state index contributed by atoms with van der Waals surface area (Å²) in [6.45, 7) is 8.19. The van der Waals surface area contributed by atoms with Crippen molar-refractivity contribution in [3.63, 3.8) is 0 Å². The van der Waals surface area contributed by atoms with E-state index < -0.39 is 35.2 Å². The monoisotopic (exact) mass is 533 g/mol. The zero-order valence-corrected chi connectivity index (χ0v) is 21.8. The number of ether oxygens (including phenoxy) is 1. The number of carbonyl (C=O) groups excluding carboxylic acids is 1. The molecule has 2 aromatic carbocycles. The van der Waals surface area contributed by atoms with Gasteiger partial charge in [-0.25, -0.2) is 9.40 Å². The summed E-state index contributed by atoms with van der Waals surface area (Å²) in [5.74, 6) is -2.92. The first-order valence-corrected chi connectivity index (χ1v) is 12.5. The van der Waals surface area contributed by atoms with Crippen molar-refractivity contribution in [3.8, 4) is 6.07 Å². The van der Waals surface area contributed by atoms with Gasteiger partial charge < -0.3 is 10.1 Å². The minimum Gasteiger partial charge on any atom is -0.379 e. The Labute approximate surface area is 219 Å². The maximum atomic E-state index is 14.3. The molecule has 0 spiro atoms. The number of halogens is 4. The van der Waals surface area contributed by atoms with Crippen LogP contribution in [-0.4, -0.2) is 54.7 Å². The Bertz CT molecular complexity index is 1200. The van der Waals surface area contributed by atoms with E-state index in [2.05, 4.69) is 10.4 Å². The number of benzene rings is 2. The average molecular weight is 534 g/mol. The first kappa shape index (κ1) is 29.1. The van der Waals surface area contributed by atoms with Crippen molar-refractivity contribution in [1.82, 2.24) is 4.90 Å². The van der Waals surface area contributed by atoms with E-state index in [1.807, 2.05) is 20.8 Å². The number of hydrogen-bond donors (Lipinski definition) is 1. The van der Waals surface area contributed by atoms with E-state index in [9.17, 15) is 27.6 Å². The standard InChI is InChI=1S/C25H25F4N5O2.C2H6/c1-3-20-22(25(27,28)29)32-34(19-8-9-21(26)17(14-19)15-30)24(20,33-10-12-36-13-11-33)23(35)31-18-6-4-16(2)5-7-18;1-2/h4-9,14,20H,3,10-13H2,1-2H3,(H,31,35);1-2H3/t20-,24+;/m0./s1. The van der Waals surface area contributed by atoms with E-state index in [0.717, 1.165) is 22.7 Å². The Morgan fingerprint density at radius 1 is 1.18 bits per heavy atom. The number of anilines is 2. The molecule has 2 aliphatic heterocycles. The molecule has 7 nitrogen and oxygen atoms in total. The highest BCUT2D eigenvalue weighted by Crippen LogP contribution is 2.46. The van der Waals surface area contributed by atoms with Gasteiger partial charge in [0.05, 0.1) is 30.4 Å². The quantitative estimate of drug-likeness (QED) is 0.516. The van der Waals surface area contributed by atoms with E-state index in [1.165, 1.54) is 6.07 Å². The number of nitrogens with one attached hydrogen (secondary N) is 1. The van der Waals surface area contributed by atoms with E-state index in [4.69, 9.17) is 4.74 Å². The minimum atomic E-state index is -4.82. The molecule has 2 aromatic rings. The smallest absolute Gasteiger partial charge is 0.379 e. The molecule has 1 saturated heterocycles. The summed E-state index contributed by atoms with van der Waals surface area (Å²) in [6, 6.07) is 11.9. The number of amides is 1. The maximum Gasteiger partial charge on any atom is 0.431 e. The lowest BCUT2D eigenvalue weighted by Gasteiger charge is -2.49. The lowest BCUT2D eigenvalue weighted by Crippen LogP contribution is -2.70. The van der Waals surface area contributed by atoms with Crippen LogP contribution in [0.15, 0.2) is 47.6 Å². The normalized spacial score (nSPS) is 21.7. The number of aryl methyl sites for hydroxylation is 1. The second kappa shape index (κ2) is 11.9. The van der Waals surface area contributed by atoms with Gasteiger partial charge in [0.1, 0.15) is 17.6 Å². The number of alkyl halides is 3. The molecule has 1 N–H and O–H groups in total. The highest BCUT2D eigenvalue weighted by Gasteiger charge is 2.64. The molecular weight excluding hydrogens is 502 g/mol. The molecule has 0 aliphatic carbocycles. The lowest BCUT2D eigenvalue weighted by molar-refractivity contribution is -0.134. The molecule has 0 unspecified atom stereocenters. The summed E-state index contributed by atoms with van der Waals surface area (Å²) in [5, 5.41) is 17.1. The van der Waals surface area contributed by atoms with Crippen LogP contribution in [0.4, 0.5) is 28.9 Å². The number of carbonyl (C=O) groups is 1. The molecule has 2 atom stereocenters. The Balaban J connectivity index is 0.00000195. The molecule has 0 bridgehead atoms. The number of hydrazone groups is 1. The Hall–Kier alpha value is -3.49. The van der Waals surface area contributed by atoms with Gasteiger partial charge in [-0.3, -0.25) is 9.69 Å². The number of hydrogen-bond acceptors (Lipinski definition) is 6. The largest absolute Gasteiger partial charge is 0.431 e. The molecule has 204 valence electrons. The van der Waals surface area contributed by atoms with Crippen LogP contribution in [0.5, 0.6) is 0 Å². The highest BCUT2D eigenvalue weighted by molar-refractivity contribution is 6.09. The maximum absolute atomic E-state index is 14.3. The van der Waals surface area contributed by atoms with E-state index in [0.29, 0.717) is 5.69 Å². The molecule has 38 heavy (non-hydrogen) atoms. The van der Waals surface area contributed by atoms with E-state index >= 15 is 0 Å². The van der Waals surface area contributed by atoms with Crippen LogP contribution >= 0.6 is 0 Å². The summed E-state index contributed by atoms with van der Waals surface area (Å²) in [5.41, 5.74) is -2.08. The van der Waals surface area contributed by atoms with Gasteiger partial charge in [-0.15, -0.1) is 0 Å². The summed E-state index contributed by atoms with van der Waals surface area (Å²) < 4.78 is 62.4. The topological polar surface area (TPSA) is 81.0 Å². The lowest BCUT2D eigenvalue weighted by atomic mass is 9.83. The van der Waals surface area contributed by atoms with Crippen molar-refractivity contribution in [2.45, 2.75) is 46.0 Å². The first-order valence-electron chi connectivity index (χ1n) is 12.5. The number of rotatable bonds is 5. The fourth-order valence-corrected chi connectivity index (χ4v) is 4.83. The second-order valence-electron chi connectivity index (χ2n) is 8.68. The summed E-state index contributed by atoms with van der Waals surface area (Å²) in [7, 11) is 0. The van der Waals surface area contributed by atoms with Crippen molar-refractivity contribution in [3.05, 3.63) is 59.4 Å². The Kier molecular flexibility index (Phi) is 9.12. The van der Waals surface area contributed by atoms with Gasteiger partial charge in [-0.2, -0.15) is 23.5 Å². The van der Waals surface area contributed by atoms with Crippen LogP contribution in [0, 0.1) is 30.0 Å². The van der Waals surface area contributed by atoms with Gasteiger partial charge in [-0.1, -0.05) is 38.5 Å². The fourth-order valence-electron chi connectivity index (χ4n) is 4.83. The summed E-state index contributed by atoms with van der Waals surface area (Å²) >= 11 is 0. The third kappa shape index (κ3) is 5.37. The SMILES string of the molecule is CC.CC[C@H]1C(C(F)(F)F)=NN(c2ccc(F)c(C#N)c2)[C@]1(C(=O)Nc1ccc(C)cc1)N1CCOCC1. The number of nitrogens with zero attached hydrogens (tertiary/aromatic N) is 4. The van der Waals surface area contributed by atoms with Crippen molar-refractivity contribution in [2.75, 3.05) is 36.6 Å². The molecule has 1 amide bonds. The van der Waals surface area contributed by atoms with Gasteiger partial charge in [0.25, 0.3) is 5.91 Å². The van der Waals surface area contributed by atoms with Crippen molar-refractivity contribution < 1.29 is 27.1 Å². The van der Waals surface area contributed by atoms with Gasteiger partial charge >= 0.3 is 6.18 Å². The van der Waals surface area contributed by atoms with Crippen molar-refractivity contribution in [2.24, 2.45) is 11.0 Å². The zero-order valence-electron chi connectivity index (χ0n) is 21.8. The predicted molar refractivity (Wildman–Crippen MR) is 137 cm³/mol. The van der Waals surface area contributed by atoms with Crippen molar-refractivity contribution >= 4 is 23.0 Å². The highest BCUT2D eigenvalue weighted by atomic mass is 19.4. The Morgan fingerprint density at radius 2 is 1.82 bits per heavy atom. The van der Waals surface area contributed by atoms with Gasteiger partial charge in [0, 0.05) is 18.8 Å². The minimum absolute atomic E-state index is 0.00352. The summed E-state index contributed by atoms with van der Waals surface area (Å²) in [6.07, 6.45) is -4.88. The van der Waals surface area contributed by atoms with Crippen LogP contribution in [0.25, 0.3) is 0 Å². The van der Waals surface area contributed by atoms with Gasteiger partial charge in [0.2, 0.25) is 5.66 Å². The van der Waals surface area contributed by atoms with Crippen LogP contribution in [-0.2, 0) is 9.53 Å². The molecule has 0 saturated carbocycles. The van der Waals surface area contributed by atoms with E-state index in [1.54, 1.807) is 42.2 Å². The average Bonchev–Trinajstić information content (AvgIpc) is 3.29. The Morgan fingerprint density at radius 3 is 2.37 bits per heavy atom. The third-order valence-electron chi connectivity index (χ3n) is 6.50. The van der Waals surface area contributed by atoms with Crippen LogP contribution in [0.2, 0.25) is 0 Å². The third-order valence-corrected chi connectivity index (χ3v) is 6.50. The van der Waals surface area contributed by atoms with E-state index in [-0.39, 0.29) is 44.0 Å². The van der Waals surface area contributed by atoms with Crippen LogP contribution in [0.1, 0.15) is 38.3 Å². The molecule has 2 heterocycles. The van der Waals surface area contributed by atoms with Crippen LogP contribution < -0.4 is 10.3 Å². The van der Waals surface area contributed by atoms with Gasteiger partial charge in [0.15, 0.2) is 0 Å². The molecule has 0 radical (unpaired) electrons. The molecule has 0 aromatic heterocycles. The summed E-state index contributed by atoms with van der Waals surface area (Å²) in [4.78, 5) is 15.8. The molecule has 4 rings (SSSR count). The van der Waals surface area contributed by atoms with Gasteiger partial charge in [-0.05, 0) is 43.7 Å². The molecular formula is C27H31F4N5O2. The molecule has 2 aliphatic rings. The zero-order chi connectivity index (χ0) is 28.1.